The van der Waals surface area contributed by atoms with Gasteiger partial charge in [0.1, 0.15) is 12.2 Å². The Morgan fingerprint density at radius 2 is 1.04 bits per heavy atom. The van der Waals surface area contributed by atoms with Crippen molar-refractivity contribution in [3.05, 3.63) is 138 Å². The van der Waals surface area contributed by atoms with Crippen molar-refractivity contribution >= 4 is 5.69 Å². The van der Waals surface area contributed by atoms with E-state index in [4.69, 9.17) is 14.2 Å². The number of anilines is 1. The minimum Gasteiger partial charge on any atom is -0.371 e. The van der Waals surface area contributed by atoms with Crippen LogP contribution < -0.4 is 4.90 Å². The summed E-state index contributed by atoms with van der Waals surface area (Å²) in [6.45, 7) is 10.4. The Balaban J connectivity index is 1.21. The molecule has 45 heavy (non-hydrogen) atoms. The predicted octanol–water partition coefficient (Wildman–Crippen LogP) is 7.75. The van der Waals surface area contributed by atoms with E-state index in [2.05, 4.69) is 139 Å². The number of benzene rings is 4. The molecule has 5 heteroatoms. The van der Waals surface area contributed by atoms with E-state index >= 15 is 0 Å². The van der Waals surface area contributed by atoms with Crippen LogP contribution in [0.4, 0.5) is 5.69 Å². The van der Waals surface area contributed by atoms with Crippen molar-refractivity contribution in [2.75, 3.05) is 31.1 Å². The summed E-state index contributed by atoms with van der Waals surface area (Å²) in [5, 5.41) is 0. The molecule has 4 atom stereocenters. The Morgan fingerprint density at radius 3 is 1.56 bits per heavy atom. The number of likely N-dealkylation sites (tertiary alicyclic amines) is 1. The first-order chi connectivity index (χ1) is 22.1. The van der Waals surface area contributed by atoms with Crippen LogP contribution in [0.3, 0.4) is 0 Å². The van der Waals surface area contributed by atoms with Gasteiger partial charge in [0.15, 0.2) is 0 Å². The van der Waals surface area contributed by atoms with E-state index in [0.717, 1.165) is 44.6 Å². The van der Waals surface area contributed by atoms with Crippen LogP contribution in [0.5, 0.6) is 0 Å². The Bertz CT molecular complexity index is 1410. The third kappa shape index (κ3) is 8.42. The van der Waals surface area contributed by atoms with Gasteiger partial charge in [0.25, 0.3) is 0 Å². The van der Waals surface area contributed by atoms with Crippen molar-refractivity contribution in [1.82, 2.24) is 4.90 Å². The highest BCUT2D eigenvalue weighted by molar-refractivity contribution is 5.46. The molecular weight excluding hydrogens is 556 g/mol. The Morgan fingerprint density at radius 1 is 0.600 bits per heavy atom. The number of hydrogen-bond donors (Lipinski definition) is 0. The third-order valence-corrected chi connectivity index (χ3v) is 9.71. The molecule has 2 aliphatic heterocycles. The molecular formula is C40H48N2O3. The van der Waals surface area contributed by atoms with Gasteiger partial charge >= 0.3 is 0 Å². The summed E-state index contributed by atoms with van der Waals surface area (Å²) in [4.78, 5) is 5.16. The molecule has 0 aliphatic carbocycles. The zero-order chi connectivity index (χ0) is 30.9. The van der Waals surface area contributed by atoms with E-state index < -0.39 is 0 Å². The van der Waals surface area contributed by atoms with Gasteiger partial charge in [-0.1, -0.05) is 116 Å². The average Bonchev–Trinajstić information content (AvgIpc) is 3.09. The minimum atomic E-state index is -0.198. The smallest absolute Gasteiger partial charge is 0.113 e. The van der Waals surface area contributed by atoms with Crippen LogP contribution in [0.2, 0.25) is 0 Å². The summed E-state index contributed by atoms with van der Waals surface area (Å²) >= 11 is 0. The topological polar surface area (TPSA) is 34.2 Å². The highest BCUT2D eigenvalue weighted by Gasteiger charge is 2.46. The lowest BCUT2D eigenvalue weighted by molar-refractivity contribution is -0.204. The molecule has 0 spiro atoms. The third-order valence-electron chi connectivity index (χ3n) is 9.71. The second-order valence-electron chi connectivity index (χ2n) is 13.2. The monoisotopic (exact) mass is 604 g/mol. The van der Waals surface area contributed by atoms with Gasteiger partial charge in [-0.25, -0.2) is 0 Å². The van der Waals surface area contributed by atoms with Crippen molar-refractivity contribution in [1.29, 1.82) is 0 Å². The Hall–Kier alpha value is -3.48. The van der Waals surface area contributed by atoms with Gasteiger partial charge < -0.3 is 19.1 Å². The fourth-order valence-electron chi connectivity index (χ4n) is 6.89. The highest BCUT2D eigenvalue weighted by Crippen LogP contribution is 2.37. The summed E-state index contributed by atoms with van der Waals surface area (Å²) in [5.41, 5.74) is 5.05. The van der Waals surface area contributed by atoms with E-state index in [9.17, 15) is 0 Å². The van der Waals surface area contributed by atoms with Gasteiger partial charge in [-0.2, -0.15) is 0 Å². The number of ether oxygens (including phenoxy) is 3. The molecule has 0 unspecified atom stereocenters. The standard InChI is InChI=1S/C40H48N2O3/c1-32-38(44-29-34-17-9-4-10-18-34)39(45-30-35-19-11-5-12-20-35)37(43-28-33-15-7-3-8-16-33)27-42(32)31-40(2)23-25-41(26-24-40)36-21-13-6-14-22-36/h3-22,32,37-39H,23-31H2,1-2H3/t32-,37+,38-,39-/m1/s1. The molecule has 0 bridgehead atoms. The molecule has 2 aliphatic rings. The quantitative estimate of drug-likeness (QED) is 0.165. The molecule has 0 N–H and O–H groups in total. The molecule has 6 rings (SSSR count). The van der Waals surface area contributed by atoms with Crippen LogP contribution in [0.1, 0.15) is 43.4 Å². The maximum atomic E-state index is 6.84. The Kier molecular flexibility index (Phi) is 10.6. The van der Waals surface area contributed by atoms with E-state index in [0.29, 0.717) is 19.8 Å². The van der Waals surface area contributed by atoms with Gasteiger partial charge in [-0.3, -0.25) is 4.90 Å². The van der Waals surface area contributed by atoms with Gasteiger partial charge in [0.05, 0.1) is 25.9 Å². The lowest BCUT2D eigenvalue weighted by atomic mass is 9.78. The molecule has 2 fully saturated rings. The molecule has 236 valence electrons. The van der Waals surface area contributed by atoms with Crippen LogP contribution in [0.25, 0.3) is 0 Å². The first-order valence-electron chi connectivity index (χ1n) is 16.6. The lowest BCUT2D eigenvalue weighted by Gasteiger charge is -2.51. The largest absolute Gasteiger partial charge is 0.371 e. The van der Waals surface area contributed by atoms with Gasteiger partial charge in [-0.15, -0.1) is 0 Å². The number of para-hydroxylation sites is 1. The summed E-state index contributed by atoms with van der Waals surface area (Å²) < 4.78 is 20.4. The van der Waals surface area contributed by atoms with E-state index in [-0.39, 0.29) is 29.8 Å². The number of piperidine rings is 2. The summed E-state index contributed by atoms with van der Waals surface area (Å²) in [6.07, 6.45) is 1.85. The van der Waals surface area contributed by atoms with Crippen molar-refractivity contribution in [3.63, 3.8) is 0 Å². The maximum absolute atomic E-state index is 6.84. The maximum Gasteiger partial charge on any atom is 0.113 e. The molecule has 2 heterocycles. The summed E-state index contributed by atoms with van der Waals surface area (Å²) in [7, 11) is 0. The molecule has 0 radical (unpaired) electrons. The van der Waals surface area contributed by atoms with Gasteiger partial charge in [0.2, 0.25) is 0 Å². The Labute approximate surface area is 269 Å². The van der Waals surface area contributed by atoms with E-state index in [1.165, 1.54) is 16.8 Å². The number of hydrogen-bond acceptors (Lipinski definition) is 5. The molecule has 5 nitrogen and oxygen atoms in total. The molecule has 4 aromatic rings. The van der Waals surface area contributed by atoms with Crippen molar-refractivity contribution in [2.45, 2.75) is 70.9 Å². The number of nitrogens with zero attached hydrogens (tertiary/aromatic N) is 2. The van der Waals surface area contributed by atoms with Crippen LogP contribution >= 0.6 is 0 Å². The lowest BCUT2D eigenvalue weighted by Crippen LogP contribution is -2.64. The van der Waals surface area contributed by atoms with Crippen LogP contribution in [0, 0.1) is 5.41 Å². The van der Waals surface area contributed by atoms with Gasteiger partial charge in [0, 0.05) is 37.9 Å². The summed E-state index contributed by atoms with van der Waals surface area (Å²) in [5.74, 6) is 0. The molecule has 4 aromatic carbocycles. The SMILES string of the molecule is C[C@@H]1[C@@H](OCc2ccccc2)[C@H](OCc2ccccc2)[C@@H](OCc2ccccc2)CN1CC1(C)CCN(c2ccccc2)CC1. The first kappa shape index (κ1) is 31.5. The fraction of sp³-hybridized carbons (Fsp3) is 0.400. The van der Waals surface area contributed by atoms with Gasteiger partial charge in [-0.05, 0) is 54.0 Å². The number of rotatable bonds is 12. The van der Waals surface area contributed by atoms with E-state index in [1.54, 1.807) is 0 Å². The summed E-state index contributed by atoms with van der Waals surface area (Å²) in [6, 6.07) is 42.4. The second-order valence-corrected chi connectivity index (χ2v) is 13.2. The van der Waals surface area contributed by atoms with Crippen molar-refractivity contribution < 1.29 is 14.2 Å². The second kappa shape index (κ2) is 15.2. The molecule has 0 aromatic heterocycles. The molecule has 0 amide bonds. The molecule has 0 saturated carbocycles. The zero-order valence-corrected chi connectivity index (χ0v) is 26.8. The fourth-order valence-corrected chi connectivity index (χ4v) is 6.89. The van der Waals surface area contributed by atoms with Crippen LogP contribution in [-0.2, 0) is 34.0 Å². The molecule has 2 saturated heterocycles. The average molecular weight is 605 g/mol. The van der Waals surface area contributed by atoms with Crippen LogP contribution in [-0.4, -0.2) is 55.4 Å². The minimum absolute atomic E-state index is 0.126. The van der Waals surface area contributed by atoms with Crippen molar-refractivity contribution in [3.8, 4) is 0 Å². The first-order valence-corrected chi connectivity index (χ1v) is 16.6. The zero-order valence-electron chi connectivity index (χ0n) is 26.8. The van der Waals surface area contributed by atoms with Crippen molar-refractivity contribution in [2.24, 2.45) is 5.41 Å². The highest BCUT2D eigenvalue weighted by atomic mass is 16.6. The normalized spacial score (nSPS) is 23.6. The predicted molar refractivity (Wildman–Crippen MR) is 182 cm³/mol. The van der Waals surface area contributed by atoms with Crippen LogP contribution in [0.15, 0.2) is 121 Å². The van der Waals surface area contributed by atoms with E-state index in [1.807, 2.05) is 6.07 Å².